The monoisotopic (exact) mass is 199 g/mol. The maximum atomic E-state index is 6.11. The van der Waals surface area contributed by atoms with Gasteiger partial charge in [-0.25, -0.2) is 0 Å². The Balaban J connectivity index is 4.74. The van der Waals surface area contributed by atoms with Crippen LogP contribution >= 0.6 is 11.6 Å². The van der Waals surface area contributed by atoms with Crippen LogP contribution in [0.3, 0.4) is 0 Å². The third-order valence-corrected chi connectivity index (χ3v) is 3.79. The zero-order valence-electron chi connectivity index (χ0n) is 7.95. The molecule has 0 heterocycles. The number of halogens is 1. The molecule has 0 unspecified atom stereocenters. The highest BCUT2D eigenvalue weighted by Gasteiger charge is 2.03. The fourth-order valence-electron chi connectivity index (χ4n) is 0.839. The van der Waals surface area contributed by atoms with Crippen molar-refractivity contribution in [3.8, 4) is 0 Å². The van der Waals surface area contributed by atoms with Crippen molar-refractivity contribution >= 4 is 26.8 Å². The zero-order valence-corrected chi connectivity index (χ0v) is 10.1. The molecule has 0 radical (unpaired) electrons. The molecule has 0 aromatic rings. The Kier molecular flexibility index (Phi) is 6.28. The molecule has 0 aromatic heterocycles. The Hall–Kier alpha value is -0.158. The lowest BCUT2D eigenvalue weighted by Gasteiger charge is -2.06. The summed E-state index contributed by atoms with van der Waals surface area (Å²) in [6.07, 6.45) is 3.78. The molecule has 0 aliphatic rings. The average molecular weight is 200 g/mol. The topological polar surface area (TPSA) is 12.0 Å². The van der Waals surface area contributed by atoms with Gasteiger partial charge in [-0.1, -0.05) is 34.8 Å². The standard InChI is InChI=1S/C8H11ClN.CH3.Al.H/c1-4-5-6-8(9)7(2)10-3;;;/h4-5,10H,1H2,2-3H3;1H3;;/b6-5?,8-7+;;;. The van der Waals surface area contributed by atoms with Gasteiger partial charge < -0.3 is 5.32 Å². The van der Waals surface area contributed by atoms with E-state index in [2.05, 4.69) is 17.7 Å². The molecule has 0 amide bonds. The second-order valence-electron chi connectivity index (χ2n) is 2.47. The van der Waals surface area contributed by atoms with Crippen LogP contribution in [0.15, 0.2) is 33.9 Å². The lowest BCUT2D eigenvalue weighted by atomic mass is 10.3. The highest BCUT2D eigenvalue weighted by molar-refractivity contribution is 6.51. The summed E-state index contributed by atoms with van der Waals surface area (Å²) >= 11 is 5.89. The predicted octanol–water partition coefficient (Wildman–Crippen LogP) is 2.23. The van der Waals surface area contributed by atoms with E-state index in [9.17, 15) is 0 Å². The first-order valence-corrected chi connectivity index (χ1v) is 6.53. The van der Waals surface area contributed by atoms with Crippen molar-refractivity contribution in [2.24, 2.45) is 0 Å². The van der Waals surface area contributed by atoms with E-state index in [1.54, 1.807) is 6.08 Å². The first kappa shape index (κ1) is 11.8. The molecule has 0 saturated carbocycles. The SMILES string of the molecule is C=C/C=[C]([AlH][CH3])/C(Cl)=C(/C)NC. The van der Waals surface area contributed by atoms with Gasteiger partial charge in [0.05, 0.1) is 0 Å². The van der Waals surface area contributed by atoms with Crippen molar-refractivity contribution in [1.82, 2.24) is 5.32 Å². The molecule has 0 fully saturated rings. The molecule has 1 nitrogen and oxygen atoms in total. The number of rotatable bonds is 4. The van der Waals surface area contributed by atoms with Crippen LogP contribution in [0.25, 0.3) is 0 Å². The van der Waals surface area contributed by atoms with E-state index in [0.29, 0.717) is 0 Å². The van der Waals surface area contributed by atoms with E-state index in [4.69, 9.17) is 11.6 Å². The summed E-state index contributed by atoms with van der Waals surface area (Å²) in [6, 6.07) is 0. The summed E-state index contributed by atoms with van der Waals surface area (Å²) in [4.78, 5) is 0. The Morgan fingerprint density at radius 2 is 2.17 bits per heavy atom. The minimum atomic E-state index is -0.223. The van der Waals surface area contributed by atoms with Crippen molar-refractivity contribution in [3.63, 3.8) is 0 Å². The summed E-state index contributed by atoms with van der Waals surface area (Å²) in [5, 5.41) is 3.89. The van der Waals surface area contributed by atoms with Gasteiger partial charge in [-0.3, -0.25) is 0 Å². The Morgan fingerprint density at radius 1 is 1.58 bits per heavy atom. The van der Waals surface area contributed by atoms with Gasteiger partial charge in [0.2, 0.25) is 0 Å². The second kappa shape index (κ2) is 6.37. The van der Waals surface area contributed by atoms with E-state index in [-0.39, 0.29) is 15.2 Å². The van der Waals surface area contributed by atoms with E-state index in [1.165, 1.54) is 4.44 Å². The van der Waals surface area contributed by atoms with Crippen LogP contribution in [0.2, 0.25) is 5.79 Å². The molecule has 66 valence electrons. The summed E-state index contributed by atoms with van der Waals surface area (Å²) in [6.45, 7) is 5.64. The van der Waals surface area contributed by atoms with Crippen molar-refractivity contribution < 1.29 is 0 Å². The number of hydrogen-bond acceptors (Lipinski definition) is 1. The van der Waals surface area contributed by atoms with Gasteiger partial charge in [-0.05, 0) is 6.92 Å². The first-order chi connectivity index (χ1) is 5.67. The number of nitrogens with one attached hydrogen (secondary N) is 1. The summed E-state index contributed by atoms with van der Waals surface area (Å²) in [7, 11) is 1.88. The molecule has 0 aliphatic heterocycles. The third-order valence-electron chi connectivity index (χ3n) is 1.69. The van der Waals surface area contributed by atoms with Crippen molar-refractivity contribution in [1.29, 1.82) is 0 Å². The van der Waals surface area contributed by atoms with Gasteiger partial charge >= 0.3 is 0 Å². The fourth-order valence-corrected chi connectivity index (χ4v) is 2.38. The minimum Gasteiger partial charge on any atom is -0.390 e. The van der Waals surface area contributed by atoms with Crippen molar-refractivity contribution in [2.45, 2.75) is 12.7 Å². The Morgan fingerprint density at radius 3 is 2.50 bits per heavy atom. The first-order valence-electron chi connectivity index (χ1n) is 4.03. The fraction of sp³-hybridized carbons (Fsp3) is 0.333. The number of allylic oxidation sites excluding steroid dienone is 5. The molecular weight excluding hydrogens is 185 g/mol. The van der Waals surface area contributed by atoms with Crippen LogP contribution in [0, 0.1) is 0 Å². The van der Waals surface area contributed by atoms with Gasteiger partial charge in [0.1, 0.15) is 0 Å². The van der Waals surface area contributed by atoms with E-state index >= 15 is 0 Å². The number of hydrogen-bond donors (Lipinski definition) is 1. The van der Waals surface area contributed by atoms with Gasteiger partial charge in [-0.15, -0.1) is 5.79 Å². The lowest BCUT2D eigenvalue weighted by Crippen LogP contribution is -2.06. The quantitative estimate of drug-likeness (QED) is 0.541. The van der Waals surface area contributed by atoms with Gasteiger partial charge in [0, 0.05) is 17.8 Å². The molecule has 0 bridgehead atoms. The molecule has 0 spiro atoms. The molecular formula is C9H15AlClN. The van der Waals surface area contributed by atoms with E-state index < -0.39 is 0 Å². The summed E-state index contributed by atoms with van der Waals surface area (Å²) < 4.78 is 1.25. The molecule has 12 heavy (non-hydrogen) atoms. The highest BCUT2D eigenvalue weighted by atomic mass is 35.5. The van der Waals surface area contributed by atoms with Gasteiger partial charge in [0.25, 0.3) is 15.2 Å². The maximum Gasteiger partial charge on any atom is 0.281 e. The molecule has 0 aliphatic carbocycles. The zero-order chi connectivity index (χ0) is 9.56. The van der Waals surface area contributed by atoms with Crippen LogP contribution in [0.4, 0.5) is 0 Å². The normalized spacial score (nSPS) is 13.5. The van der Waals surface area contributed by atoms with Crippen molar-refractivity contribution in [2.75, 3.05) is 7.05 Å². The third kappa shape index (κ3) is 3.49. The molecule has 3 heteroatoms. The minimum absolute atomic E-state index is 0.223. The summed E-state index contributed by atoms with van der Waals surface area (Å²) in [5.41, 5.74) is 1.03. The lowest BCUT2D eigenvalue weighted by molar-refractivity contribution is 0.984. The van der Waals surface area contributed by atoms with Crippen LogP contribution in [-0.2, 0) is 0 Å². The largest absolute Gasteiger partial charge is 0.390 e. The van der Waals surface area contributed by atoms with E-state index in [0.717, 1.165) is 10.7 Å². The van der Waals surface area contributed by atoms with Crippen LogP contribution in [0.1, 0.15) is 6.92 Å². The Labute approximate surface area is 85.9 Å². The summed E-state index contributed by atoms with van der Waals surface area (Å²) in [5.74, 6) is 2.21. The molecule has 1 N–H and O–H groups in total. The van der Waals surface area contributed by atoms with Crippen LogP contribution in [0.5, 0.6) is 0 Å². The van der Waals surface area contributed by atoms with Gasteiger partial charge in [-0.2, -0.15) is 0 Å². The van der Waals surface area contributed by atoms with Crippen LogP contribution < -0.4 is 5.32 Å². The van der Waals surface area contributed by atoms with Gasteiger partial charge in [0.15, 0.2) is 0 Å². The molecule has 0 aromatic carbocycles. The maximum absolute atomic E-state index is 6.11. The van der Waals surface area contributed by atoms with E-state index in [1.807, 2.05) is 20.0 Å². The Bertz CT molecular complexity index is 219. The predicted molar refractivity (Wildman–Crippen MR) is 58.9 cm³/mol. The smallest absolute Gasteiger partial charge is 0.281 e. The molecule has 0 atom stereocenters. The van der Waals surface area contributed by atoms with Crippen LogP contribution in [-0.4, -0.2) is 22.3 Å². The molecule has 0 rings (SSSR count). The highest BCUT2D eigenvalue weighted by Crippen LogP contribution is 2.16. The molecule has 0 saturated heterocycles. The second-order valence-corrected chi connectivity index (χ2v) is 4.32. The average Bonchev–Trinajstić information content (AvgIpc) is 2.11. The van der Waals surface area contributed by atoms with Crippen molar-refractivity contribution in [3.05, 3.63) is 33.9 Å².